The molecule has 1 amide bonds. The first kappa shape index (κ1) is 19.0. The van der Waals surface area contributed by atoms with E-state index in [-0.39, 0.29) is 12.3 Å². The van der Waals surface area contributed by atoms with Crippen molar-refractivity contribution in [3.8, 4) is 0 Å². The van der Waals surface area contributed by atoms with Crippen molar-refractivity contribution in [3.63, 3.8) is 0 Å². The molecule has 0 spiro atoms. The van der Waals surface area contributed by atoms with Crippen molar-refractivity contribution in [1.29, 1.82) is 0 Å². The van der Waals surface area contributed by atoms with Crippen LogP contribution in [0.15, 0.2) is 51.9 Å². The van der Waals surface area contributed by atoms with Crippen LogP contribution in [0.1, 0.15) is 24.5 Å². The predicted octanol–water partition coefficient (Wildman–Crippen LogP) is 4.08. The molecule has 0 aromatic heterocycles. The molecule has 0 aliphatic rings. The van der Waals surface area contributed by atoms with Crippen molar-refractivity contribution in [2.24, 2.45) is 10.7 Å². The van der Waals surface area contributed by atoms with Crippen molar-refractivity contribution in [2.75, 3.05) is 17.2 Å². The fourth-order valence-electron chi connectivity index (χ4n) is 2.28. The van der Waals surface area contributed by atoms with Crippen LogP contribution in [0.3, 0.4) is 0 Å². The van der Waals surface area contributed by atoms with Gasteiger partial charge in [0.2, 0.25) is 5.91 Å². The molecule has 0 aliphatic heterocycles. The standard InChI is InChI=1S/C19H23BrN4O/c1-3-14-5-4-6-16(11-14)23-19(21)22-10-9-18(25)24-17-12-15(20)8-7-13(17)2/h4-8,11-12H,3,9-10H2,1-2H3,(H,24,25)(H3,21,22,23). The van der Waals surface area contributed by atoms with E-state index in [0.29, 0.717) is 12.5 Å². The number of guanidine groups is 1. The zero-order valence-corrected chi connectivity index (χ0v) is 16.1. The molecule has 0 heterocycles. The Bertz CT molecular complexity index is 774. The minimum atomic E-state index is -0.0919. The SMILES string of the molecule is CCc1cccc(NC(N)=NCCC(=O)Nc2cc(Br)ccc2C)c1. The van der Waals surface area contributed by atoms with Gasteiger partial charge in [0.25, 0.3) is 0 Å². The number of carbonyl (C=O) groups excluding carboxylic acids is 1. The summed E-state index contributed by atoms with van der Waals surface area (Å²) in [6.07, 6.45) is 1.23. The molecule has 0 radical (unpaired) electrons. The molecule has 2 aromatic carbocycles. The number of nitrogens with zero attached hydrogens (tertiary/aromatic N) is 1. The lowest BCUT2D eigenvalue weighted by molar-refractivity contribution is -0.116. The molecule has 0 aliphatic carbocycles. The summed E-state index contributed by atoms with van der Waals surface area (Å²) in [6.45, 7) is 4.37. The summed E-state index contributed by atoms with van der Waals surface area (Å²) >= 11 is 3.40. The molecule has 4 N–H and O–H groups in total. The van der Waals surface area contributed by atoms with Crippen LogP contribution in [-0.4, -0.2) is 18.4 Å². The molecule has 0 atom stereocenters. The van der Waals surface area contributed by atoms with Gasteiger partial charge < -0.3 is 16.4 Å². The number of hydrogen-bond acceptors (Lipinski definition) is 2. The fourth-order valence-corrected chi connectivity index (χ4v) is 2.64. The Morgan fingerprint density at radius 1 is 1.20 bits per heavy atom. The van der Waals surface area contributed by atoms with Crippen molar-refractivity contribution < 1.29 is 4.79 Å². The third-order valence-electron chi connectivity index (χ3n) is 3.70. The Hall–Kier alpha value is -2.34. The maximum absolute atomic E-state index is 12.0. The highest BCUT2D eigenvalue weighted by Gasteiger charge is 2.05. The summed E-state index contributed by atoms with van der Waals surface area (Å²) in [4.78, 5) is 16.3. The Balaban J connectivity index is 1.84. The molecule has 2 aromatic rings. The van der Waals surface area contributed by atoms with E-state index in [4.69, 9.17) is 5.73 Å². The molecular weight excluding hydrogens is 380 g/mol. The lowest BCUT2D eigenvalue weighted by Gasteiger charge is -2.09. The van der Waals surface area contributed by atoms with Gasteiger partial charge in [-0.25, -0.2) is 0 Å². The minimum Gasteiger partial charge on any atom is -0.370 e. The Morgan fingerprint density at radius 3 is 2.76 bits per heavy atom. The molecule has 0 saturated carbocycles. The van der Waals surface area contributed by atoms with Gasteiger partial charge in [0.05, 0.1) is 6.54 Å². The van der Waals surface area contributed by atoms with E-state index in [1.165, 1.54) is 5.56 Å². The maximum atomic E-state index is 12.0. The molecule has 0 saturated heterocycles. The number of aliphatic imine (C=N–C) groups is 1. The largest absolute Gasteiger partial charge is 0.370 e. The number of amides is 1. The van der Waals surface area contributed by atoms with Crippen molar-refractivity contribution >= 4 is 39.2 Å². The first-order valence-electron chi connectivity index (χ1n) is 8.20. The number of aryl methyl sites for hydroxylation is 2. The van der Waals surface area contributed by atoms with Gasteiger partial charge in [-0.3, -0.25) is 9.79 Å². The van der Waals surface area contributed by atoms with E-state index in [9.17, 15) is 4.79 Å². The number of halogens is 1. The van der Waals surface area contributed by atoms with Crippen LogP contribution in [0.4, 0.5) is 11.4 Å². The summed E-state index contributed by atoms with van der Waals surface area (Å²) in [5.41, 5.74) is 9.81. The van der Waals surface area contributed by atoms with Gasteiger partial charge >= 0.3 is 0 Å². The van der Waals surface area contributed by atoms with Gasteiger partial charge in [-0.05, 0) is 48.7 Å². The van der Waals surface area contributed by atoms with Crippen LogP contribution in [-0.2, 0) is 11.2 Å². The molecular formula is C19H23BrN4O. The predicted molar refractivity (Wildman–Crippen MR) is 108 cm³/mol. The quantitative estimate of drug-likeness (QED) is 0.503. The summed E-state index contributed by atoms with van der Waals surface area (Å²) < 4.78 is 0.925. The lowest BCUT2D eigenvalue weighted by atomic mass is 10.1. The third kappa shape index (κ3) is 6.23. The van der Waals surface area contributed by atoms with E-state index in [2.05, 4.69) is 44.5 Å². The van der Waals surface area contributed by atoms with E-state index in [1.807, 2.05) is 43.3 Å². The first-order chi connectivity index (χ1) is 12.0. The van der Waals surface area contributed by atoms with Crippen LogP contribution in [0.5, 0.6) is 0 Å². The third-order valence-corrected chi connectivity index (χ3v) is 4.20. The molecule has 0 fully saturated rings. The van der Waals surface area contributed by atoms with Crippen molar-refractivity contribution in [2.45, 2.75) is 26.7 Å². The van der Waals surface area contributed by atoms with E-state index >= 15 is 0 Å². The highest BCUT2D eigenvalue weighted by molar-refractivity contribution is 9.10. The highest BCUT2D eigenvalue weighted by Crippen LogP contribution is 2.20. The van der Waals surface area contributed by atoms with E-state index < -0.39 is 0 Å². The van der Waals surface area contributed by atoms with Gasteiger partial charge in [0.1, 0.15) is 0 Å². The fraction of sp³-hybridized carbons (Fsp3) is 0.263. The number of nitrogens with one attached hydrogen (secondary N) is 2. The highest BCUT2D eigenvalue weighted by atomic mass is 79.9. The van der Waals surface area contributed by atoms with Gasteiger partial charge in [-0.15, -0.1) is 0 Å². The second-order valence-electron chi connectivity index (χ2n) is 5.70. The summed E-state index contributed by atoms with van der Waals surface area (Å²) in [5, 5.41) is 5.94. The molecule has 0 bridgehead atoms. The summed E-state index contributed by atoms with van der Waals surface area (Å²) in [5.74, 6) is 0.213. The van der Waals surface area contributed by atoms with Crippen molar-refractivity contribution in [1.82, 2.24) is 0 Å². The van der Waals surface area contributed by atoms with Crippen LogP contribution < -0.4 is 16.4 Å². The topological polar surface area (TPSA) is 79.5 Å². The number of anilines is 2. The first-order valence-corrected chi connectivity index (χ1v) is 8.99. The second-order valence-corrected chi connectivity index (χ2v) is 6.62. The molecule has 2 rings (SSSR count). The molecule has 0 unspecified atom stereocenters. The van der Waals surface area contributed by atoms with E-state index in [1.54, 1.807) is 0 Å². The Kier molecular flexibility index (Phi) is 7.01. The van der Waals surface area contributed by atoms with Gasteiger partial charge in [0.15, 0.2) is 5.96 Å². The number of carbonyl (C=O) groups is 1. The molecule has 6 heteroatoms. The number of benzene rings is 2. The minimum absolute atomic E-state index is 0.0919. The number of nitrogens with two attached hydrogens (primary N) is 1. The Labute approximate surface area is 156 Å². The number of rotatable bonds is 6. The summed E-state index contributed by atoms with van der Waals surface area (Å²) in [7, 11) is 0. The van der Waals surface area contributed by atoms with Gasteiger partial charge in [0, 0.05) is 22.3 Å². The van der Waals surface area contributed by atoms with Crippen LogP contribution >= 0.6 is 15.9 Å². The molecule has 132 valence electrons. The maximum Gasteiger partial charge on any atom is 0.226 e. The second kappa shape index (κ2) is 9.22. The summed E-state index contributed by atoms with van der Waals surface area (Å²) in [6, 6.07) is 13.8. The van der Waals surface area contributed by atoms with Crippen molar-refractivity contribution in [3.05, 3.63) is 58.1 Å². The van der Waals surface area contributed by atoms with Gasteiger partial charge in [-0.1, -0.05) is 41.1 Å². The smallest absolute Gasteiger partial charge is 0.226 e. The average molecular weight is 403 g/mol. The Morgan fingerprint density at radius 2 is 2.00 bits per heavy atom. The lowest BCUT2D eigenvalue weighted by Crippen LogP contribution is -2.23. The van der Waals surface area contributed by atoms with Crippen LogP contribution in [0.25, 0.3) is 0 Å². The normalized spacial score (nSPS) is 11.2. The monoisotopic (exact) mass is 402 g/mol. The molecule has 25 heavy (non-hydrogen) atoms. The van der Waals surface area contributed by atoms with Crippen LogP contribution in [0.2, 0.25) is 0 Å². The average Bonchev–Trinajstić information content (AvgIpc) is 2.58. The molecule has 5 nitrogen and oxygen atoms in total. The number of hydrogen-bond donors (Lipinski definition) is 3. The van der Waals surface area contributed by atoms with E-state index in [0.717, 1.165) is 27.8 Å². The van der Waals surface area contributed by atoms with Crippen LogP contribution in [0, 0.1) is 6.92 Å². The zero-order valence-electron chi connectivity index (χ0n) is 14.5. The van der Waals surface area contributed by atoms with Gasteiger partial charge in [-0.2, -0.15) is 0 Å². The zero-order chi connectivity index (χ0) is 18.2.